The molecule has 4 atom stereocenters. The lowest BCUT2D eigenvalue weighted by Gasteiger charge is -2.29. The van der Waals surface area contributed by atoms with E-state index in [0.717, 1.165) is 23.7 Å². The summed E-state index contributed by atoms with van der Waals surface area (Å²) in [6.07, 6.45) is 15.5. The van der Waals surface area contributed by atoms with Gasteiger partial charge in [-0.25, -0.2) is 4.98 Å². The maximum absolute atomic E-state index is 4.59. The molecule has 1 aromatic heterocycles. The molecule has 4 unspecified atom stereocenters. The van der Waals surface area contributed by atoms with E-state index in [2.05, 4.69) is 28.0 Å². The molecular weight excluding hydrogens is 246 g/mol. The predicted molar refractivity (Wildman–Crippen MR) is 81.8 cm³/mol. The van der Waals surface area contributed by atoms with E-state index in [1.807, 2.05) is 6.20 Å². The van der Waals surface area contributed by atoms with Crippen molar-refractivity contribution in [2.75, 3.05) is 5.32 Å². The van der Waals surface area contributed by atoms with E-state index in [4.69, 9.17) is 0 Å². The number of anilines is 1. The number of fused-ring (bicyclic) bond motifs is 2. The van der Waals surface area contributed by atoms with Crippen LogP contribution in [0.15, 0.2) is 12.4 Å². The molecule has 4 rings (SSSR count). The average molecular weight is 273 g/mol. The van der Waals surface area contributed by atoms with Crippen LogP contribution in [-0.4, -0.2) is 15.6 Å². The van der Waals surface area contributed by atoms with Crippen molar-refractivity contribution in [2.24, 2.45) is 17.8 Å². The molecule has 110 valence electrons. The average Bonchev–Trinajstić information content (AvgIpc) is 3.22. The summed E-state index contributed by atoms with van der Waals surface area (Å²) in [6.45, 7) is 2.37. The maximum Gasteiger partial charge on any atom is 0.203 e. The highest BCUT2D eigenvalue weighted by Crippen LogP contribution is 2.49. The van der Waals surface area contributed by atoms with Crippen LogP contribution in [0.5, 0.6) is 0 Å². The van der Waals surface area contributed by atoms with Gasteiger partial charge in [-0.05, 0) is 56.8 Å². The number of imidazole rings is 1. The Kier molecular flexibility index (Phi) is 3.24. The zero-order valence-electron chi connectivity index (χ0n) is 12.6. The Hall–Kier alpha value is -0.990. The summed E-state index contributed by atoms with van der Waals surface area (Å²) < 4.78 is 2.40. The Balaban J connectivity index is 1.45. The van der Waals surface area contributed by atoms with Gasteiger partial charge in [0.15, 0.2) is 0 Å². The van der Waals surface area contributed by atoms with Gasteiger partial charge in [0.1, 0.15) is 0 Å². The normalized spacial score (nSPS) is 34.8. The fraction of sp³-hybridized carbons (Fsp3) is 0.824. The quantitative estimate of drug-likeness (QED) is 0.889. The first-order chi connectivity index (χ1) is 9.81. The monoisotopic (exact) mass is 273 g/mol. The first kappa shape index (κ1) is 12.7. The first-order valence-corrected chi connectivity index (χ1v) is 8.60. The van der Waals surface area contributed by atoms with Gasteiger partial charge in [0.2, 0.25) is 5.95 Å². The highest BCUT2D eigenvalue weighted by Gasteiger charge is 2.42. The topological polar surface area (TPSA) is 29.9 Å². The van der Waals surface area contributed by atoms with Crippen LogP contribution in [0, 0.1) is 17.8 Å². The minimum atomic E-state index is 0.577. The third-order valence-corrected chi connectivity index (χ3v) is 6.18. The zero-order valence-corrected chi connectivity index (χ0v) is 12.6. The number of hydrogen-bond donors (Lipinski definition) is 1. The standard InChI is InChI=1S/C17H27N3/c1-12(16-11-13-6-7-14(16)10-13)19-17-18-8-9-20(17)15-4-2-3-5-15/h8-9,12-16H,2-7,10-11H2,1H3,(H,18,19). The molecule has 0 radical (unpaired) electrons. The predicted octanol–water partition coefficient (Wildman–Crippen LogP) is 4.23. The number of hydrogen-bond acceptors (Lipinski definition) is 2. The highest BCUT2D eigenvalue weighted by molar-refractivity contribution is 5.29. The molecule has 1 aromatic rings. The van der Waals surface area contributed by atoms with Crippen LogP contribution >= 0.6 is 0 Å². The Bertz CT molecular complexity index is 461. The van der Waals surface area contributed by atoms with Crippen LogP contribution in [-0.2, 0) is 0 Å². The molecule has 2 bridgehead atoms. The van der Waals surface area contributed by atoms with E-state index in [1.54, 1.807) is 0 Å². The van der Waals surface area contributed by atoms with Crippen molar-refractivity contribution in [1.82, 2.24) is 9.55 Å². The molecule has 3 fully saturated rings. The van der Waals surface area contributed by atoms with Gasteiger partial charge in [0.25, 0.3) is 0 Å². The van der Waals surface area contributed by atoms with E-state index in [-0.39, 0.29) is 0 Å². The van der Waals surface area contributed by atoms with Crippen molar-refractivity contribution >= 4 is 5.95 Å². The number of aromatic nitrogens is 2. The Morgan fingerprint density at radius 2 is 2.05 bits per heavy atom. The molecule has 0 amide bonds. The minimum Gasteiger partial charge on any atom is -0.353 e. The summed E-state index contributed by atoms with van der Waals surface area (Å²) in [5, 5.41) is 3.75. The van der Waals surface area contributed by atoms with Crippen molar-refractivity contribution in [3.8, 4) is 0 Å². The fourth-order valence-electron chi connectivity index (χ4n) is 5.12. The second kappa shape index (κ2) is 5.09. The molecule has 0 spiro atoms. The molecule has 1 N–H and O–H groups in total. The van der Waals surface area contributed by atoms with Gasteiger partial charge in [0.05, 0.1) is 0 Å². The molecule has 3 aliphatic carbocycles. The van der Waals surface area contributed by atoms with Gasteiger partial charge in [0, 0.05) is 24.5 Å². The second-order valence-corrected chi connectivity index (χ2v) is 7.37. The Morgan fingerprint density at radius 3 is 2.75 bits per heavy atom. The van der Waals surface area contributed by atoms with Crippen molar-refractivity contribution < 1.29 is 0 Å². The highest BCUT2D eigenvalue weighted by atomic mass is 15.2. The molecule has 0 aliphatic heterocycles. The fourth-order valence-corrected chi connectivity index (χ4v) is 5.12. The van der Waals surface area contributed by atoms with Crippen molar-refractivity contribution in [1.29, 1.82) is 0 Å². The molecular formula is C17H27N3. The van der Waals surface area contributed by atoms with Gasteiger partial charge in [-0.2, -0.15) is 0 Å². The van der Waals surface area contributed by atoms with Crippen LogP contribution in [0.3, 0.4) is 0 Å². The van der Waals surface area contributed by atoms with Crippen LogP contribution < -0.4 is 5.32 Å². The first-order valence-electron chi connectivity index (χ1n) is 8.60. The molecule has 3 nitrogen and oxygen atoms in total. The van der Waals surface area contributed by atoms with Gasteiger partial charge >= 0.3 is 0 Å². The SMILES string of the molecule is CC(Nc1nccn1C1CCCC1)C1CC2CCC1C2. The molecule has 0 aromatic carbocycles. The number of nitrogens with one attached hydrogen (secondary N) is 1. The molecule has 1 heterocycles. The Morgan fingerprint density at radius 1 is 1.20 bits per heavy atom. The third-order valence-electron chi connectivity index (χ3n) is 6.18. The maximum atomic E-state index is 4.59. The van der Waals surface area contributed by atoms with Gasteiger partial charge in [-0.1, -0.05) is 19.3 Å². The van der Waals surface area contributed by atoms with Crippen LogP contribution in [0.4, 0.5) is 5.95 Å². The van der Waals surface area contributed by atoms with E-state index < -0.39 is 0 Å². The second-order valence-electron chi connectivity index (χ2n) is 7.37. The molecule has 20 heavy (non-hydrogen) atoms. The largest absolute Gasteiger partial charge is 0.353 e. The van der Waals surface area contributed by atoms with Crippen LogP contribution in [0.1, 0.15) is 64.3 Å². The molecule has 3 saturated carbocycles. The van der Waals surface area contributed by atoms with Gasteiger partial charge in [-0.15, -0.1) is 0 Å². The molecule has 0 saturated heterocycles. The van der Waals surface area contributed by atoms with Crippen molar-refractivity contribution in [3.63, 3.8) is 0 Å². The zero-order chi connectivity index (χ0) is 13.5. The van der Waals surface area contributed by atoms with Crippen molar-refractivity contribution in [3.05, 3.63) is 12.4 Å². The molecule has 3 aliphatic rings. The van der Waals surface area contributed by atoms with Crippen LogP contribution in [0.25, 0.3) is 0 Å². The van der Waals surface area contributed by atoms with E-state index >= 15 is 0 Å². The summed E-state index contributed by atoms with van der Waals surface area (Å²) in [4.78, 5) is 4.59. The van der Waals surface area contributed by atoms with Crippen molar-refractivity contribution in [2.45, 2.75) is 70.4 Å². The van der Waals surface area contributed by atoms with E-state index in [1.165, 1.54) is 51.4 Å². The summed E-state index contributed by atoms with van der Waals surface area (Å²) in [5.41, 5.74) is 0. The third kappa shape index (κ3) is 2.15. The lowest BCUT2D eigenvalue weighted by molar-refractivity contribution is 0.302. The van der Waals surface area contributed by atoms with Gasteiger partial charge < -0.3 is 9.88 Å². The lowest BCUT2D eigenvalue weighted by atomic mass is 9.84. The van der Waals surface area contributed by atoms with E-state index in [9.17, 15) is 0 Å². The molecule has 3 heteroatoms. The lowest BCUT2D eigenvalue weighted by Crippen LogP contribution is -2.31. The smallest absolute Gasteiger partial charge is 0.203 e. The summed E-state index contributed by atoms with van der Waals surface area (Å²) in [6, 6.07) is 1.26. The van der Waals surface area contributed by atoms with Crippen LogP contribution in [0.2, 0.25) is 0 Å². The van der Waals surface area contributed by atoms with E-state index in [0.29, 0.717) is 12.1 Å². The Labute approximate surface area is 122 Å². The van der Waals surface area contributed by atoms with Gasteiger partial charge in [-0.3, -0.25) is 0 Å². The number of nitrogens with zero attached hydrogens (tertiary/aromatic N) is 2. The summed E-state index contributed by atoms with van der Waals surface area (Å²) in [5.74, 6) is 4.01. The summed E-state index contributed by atoms with van der Waals surface area (Å²) >= 11 is 0. The minimum absolute atomic E-state index is 0.577. The number of rotatable bonds is 4. The summed E-state index contributed by atoms with van der Waals surface area (Å²) in [7, 11) is 0.